The van der Waals surface area contributed by atoms with Crippen LogP contribution in [0.5, 0.6) is 11.5 Å². The molecular formula is C17H23N3O6. The second-order valence-corrected chi connectivity index (χ2v) is 4.67. The van der Waals surface area contributed by atoms with Gasteiger partial charge in [-0.15, -0.1) is 5.10 Å². The molecule has 9 nitrogen and oxygen atoms in total. The first-order valence-corrected chi connectivity index (χ1v) is 7.80. The molecular weight excluding hydrogens is 342 g/mol. The number of carbonyl (C=O) groups is 1. The van der Waals surface area contributed by atoms with Crippen LogP contribution in [0.4, 0.5) is 0 Å². The van der Waals surface area contributed by atoms with E-state index in [1.807, 2.05) is 0 Å². The molecule has 0 aliphatic rings. The Kier molecular flexibility index (Phi) is 8.48. The first-order valence-electron chi connectivity index (χ1n) is 7.80. The number of nitrogens with zero attached hydrogens (tertiary/aromatic N) is 2. The summed E-state index contributed by atoms with van der Waals surface area (Å²) in [5, 5.41) is 17.4. The van der Waals surface area contributed by atoms with E-state index in [0.717, 1.165) is 0 Å². The van der Waals surface area contributed by atoms with Crippen molar-refractivity contribution in [1.82, 2.24) is 0 Å². The van der Waals surface area contributed by atoms with Gasteiger partial charge in [0.2, 0.25) is 0 Å². The fraction of sp³-hybridized carbons (Fsp3) is 0.353. The lowest BCUT2D eigenvalue weighted by molar-refractivity contribution is -0.138. The fourth-order valence-electron chi connectivity index (χ4n) is 1.84. The molecule has 1 aromatic rings. The van der Waals surface area contributed by atoms with Gasteiger partial charge in [0.25, 0.3) is 5.95 Å². The van der Waals surface area contributed by atoms with Crippen molar-refractivity contribution < 1.29 is 28.8 Å². The third-order valence-electron chi connectivity index (χ3n) is 3.03. The van der Waals surface area contributed by atoms with Crippen LogP contribution in [0.1, 0.15) is 19.4 Å². The molecule has 0 amide bonds. The summed E-state index contributed by atoms with van der Waals surface area (Å²) >= 11 is 0. The number of benzene rings is 1. The number of aliphatic hydroxyl groups excluding tert-OH is 1. The first kappa shape index (κ1) is 20.8. The van der Waals surface area contributed by atoms with Crippen molar-refractivity contribution in [2.45, 2.75) is 13.8 Å². The summed E-state index contributed by atoms with van der Waals surface area (Å²) in [6.45, 7) is 3.49. The summed E-state index contributed by atoms with van der Waals surface area (Å²) < 4.78 is 20.1. The van der Waals surface area contributed by atoms with E-state index < -0.39 is 17.5 Å². The Bertz CT molecular complexity index is 712. The van der Waals surface area contributed by atoms with Gasteiger partial charge in [-0.05, 0) is 26.0 Å². The van der Waals surface area contributed by atoms with Crippen molar-refractivity contribution in [3.63, 3.8) is 0 Å². The van der Waals surface area contributed by atoms with Crippen LogP contribution in [0, 0.1) is 0 Å². The van der Waals surface area contributed by atoms with E-state index in [-0.39, 0.29) is 19.0 Å². The average Bonchev–Trinajstić information content (AvgIpc) is 2.62. The molecule has 0 aromatic heterocycles. The lowest BCUT2D eigenvalue weighted by Crippen LogP contribution is -2.25. The smallest absolute Gasteiger partial charge is 0.349 e. The number of amidine groups is 1. The van der Waals surface area contributed by atoms with Crippen LogP contribution in [0.25, 0.3) is 0 Å². The summed E-state index contributed by atoms with van der Waals surface area (Å²) in [6, 6.07) is 5.12. The maximum atomic E-state index is 11.9. The minimum Gasteiger partial charge on any atom is -0.497 e. The van der Waals surface area contributed by atoms with Gasteiger partial charge in [-0.3, -0.25) is 0 Å². The summed E-state index contributed by atoms with van der Waals surface area (Å²) in [5.41, 5.74) is 5.96. The highest BCUT2D eigenvalue weighted by molar-refractivity contribution is 6.18. The van der Waals surface area contributed by atoms with Gasteiger partial charge in [-0.2, -0.15) is 5.10 Å². The van der Waals surface area contributed by atoms with E-state index in [9.17, 15) is 9.90 Å². The summed E-state index contributed by atoms with van der Waals surface area (Å²) in [4.78, 5) is 11.9. The van der Waals surface area contributed by atoms with Crippen molar-refractivity contribution in [3.05, 3.63) is 35.3 Å². The molecule has 0 saturated heterocycles. The molecule has 0 aliphatic carbocycles. The van der Waals surface area contributed by atoms with Crippen molar-refractivity contribution in [3.8, 4) is 11.5 Å². The third kappa shape index (κ3) is 5.69. The number of ether oxygens (including phenoxy) is 4. The van der Waals surface area contributed by atoms with Gasteiger partial charge in [0.1, 0.15) is 11.5 Å². The molecule has 142 valence electrons. The number of rotatable bonds is 9. The molecule has 3 N–H and O–H groups in total. The largest absolute Gasteiger partial charge is 0.497 e. The van der Waals surface area contributed by atoms with Crippen molar-refractivity contribution in [1.29, 1.82) is 0 Å². The predicted octanol–water partition coefficient (Wildman–Crippen LogP) is 1.76. The van der Waals surface area contributed by atoms with E-state index in [1.165, 1.54) is 13.3 Å². The third-order valence-corrected chi connectivity index (χ3v) is 3.03. The van der Waals surface area contributed by atoms with Gasteiger partial charge in [-0.25, -0.2) is 4.79 Å². The van der Waals surface area contributed by atoms with Crippen LogP contribution in [-0.4, -0.2) is 50.6 Å². The van der Waals surface area contributed by atoms with Crippen LogP contribution in [0.2, 0.25) is 0 Å². The maximum absolute atomic E-state index is 11.9. The highest BCUT2D eigenvalue weighted by Crippen LogP contribution is 2.23. The van der Waals surface area contributed by atoms with E-state index >= 15 is 0 Å². The van der Waals surface area contributed by atoms with Crippen LogP contribution in [-0.2, 0) is 14.3 Å². The second kappa shape index (κ2) is 10.6. The molecule has 1 rings (SSSR count). The molecule has 0 unspecified atom stereocenters. The minimum absolute atomic E-state index is 0.0985. The molecule has 0 atom stereocenters. The van der Waals surface area contributed by atoms with Crippen LogP contribution in [0.3, 0.4) is 0 Å². The molecule has 0 radical (unpaired) electrons. The zero-order valence-electron chi connectivity index (χ0n) is 15.2. The van der Waals surface area contributed by atoms with E-state index in [4.69, 9.17) is 24.7 Å². The van der Waals surface area contributed by atoms with E-state index in [2.05, 4.69) is 10.2 Å². The lowest BCUT2D eigenvalue weighted by Gasteiger charge is -2.09. The number of esters is 1. The molecule has 1 aromatic carbocycles. The van der Waals surface area contributed by atoms with Gasteiger partial charge in [0.05, 0.1) is 33.6 Å². The zero-order chi connectivity index (χ0) is 19.5. The van der Waals surface area contributed by atoms with Crippen LogP contribution in [0.15, 0.2) is 39.9 Å². The molecule has 0 saturated carbocycles. The van der Waals surface area contributed by atoms with E-state index in [1.54, 1.807) is 39.2 Å². The van der Waals surface area contributed by atoms with Crippen LogP contribution >= 0.6 is 0 Å². The Labute approximate surface area is 151 Å². The lowest BCUT2D eigenvalue weighted by atomic mass is 10.2. The summed E-state index contributed by atoms with van der Waals surface area (Å²) in [7, 11) is 3.05. The Morgan fingerprint density at radius 1 is 1.19 bits per heavy atom. The van der Waals surface area contributed by atoms with E-state index in [0.29, 0.717) is 17.1 Å². The molecule has 9 heteroatoms. The molecule has 26 heavy (non-hydrogen) atoms. The average molecular weight is 365 g/mol. The number of methoxy groups -OCH3 is 2. The van der Waals surface area contributed by atoms with Gasteiger partial charge in [-0.1, -0.05) is 0 Å². The summed E-state index contributed by atoms with van der Waals surface area (Å²) in [5.74, 6) is -0.754. The Balaban J connectivity index is 3.12. The SMILES string of the molecule is CCOC(=O)C(C(N)=N/N=C/c1ccc(OC)cc1OC)=C(O)OCC. The second-order valence-electron chi connectivity index (χ2n) is 4.67. The first-order chi connectivity index (χ1) is 12.5. The van der Waals surface area contributed by atoms with Crippen LogP contribution < -0.4 is 15.2 Å². The molecule has 0 fully saturated rings. The van der Waals surface area contributed by atoms with Gasteiger partial charge < -0.3 is 29.8 Å². The maximum Gasteiger partial charge on any atom is 0.349 e. The molecule has 0 spiro atoms. The highest BCUT2D eigenvalue weighted by atomic mass is 16.6. The Morgan fingerprint density at radius 2 is 1.88 bits per heavy atom. The highest BCUT2D eigenvalue weighted by Gasteiger charge is 2.22. The number of hydrogen-bond donors (Lipinski definition) is 2. The molecule has 0 aliphatic heterocycles. The Morgan fingerprint density at radius 3 is 2.46 bits per heavy atom. The summed E-state index contributed by atoms with van der Waals surface area (Å²) in [6.07, 6.45) is 1.38. The standard InChI is InChI=1S/C17H23N3O6/c1-5-25-16(21)14(17(22)26-6-2)15(18)20-19-10-11-7-8-12(23-3)9-13(11)24-4/h7-10,21H,5-6H2,1-4H3,(H2,18,20)/b16-14?,19-10+. The number of hydrogen-bond acceptors (Lipinski definition) is 8. The molecule has 0 bridgehead atoms. The fourth-order valence-corrected chi connectivity index (χ4v) is 1.84. The normalized spacial score (nSPS) is 12.5. The Hall–Kier alpha value is -3.23. The van der Waals surface area contributed by atoms with Gasteiger partial charge >= 0.3 is 5.97 Å². The predicted molar refractivity (Wildman–Crippen MR) is 96.7 cm³/mol. The zero-order valence-corrected chi connectivity index (χ0v) is 15.2. The molecule has 0 heterocycles. The minimum atomic E-state index is -0.864. The van der Waals surface area contributed by atoms with Crippen molar-refractivity contribution >= 4 is 18.0 Å². The number of nitrogens with two attached hydrogens (primary N) is 1. The topological polar surface area (TPSA) is 125 Å². The van der Waals surface area contributed by atoms with Gasteiger partial charge in [0, 0.05) is 11.6 Å². The monoisotopic (exact) mass is 365 g/mol. The van der Waals surface area contributed by atoms with Crippen molar-refractivity contribution in [2.24, 2.45) is 15.9 Å². The quantitative estimate of drug-likeness (QED) is 0.171. The van der Waals surface area contributed by atoms with Gasteiger partial charge in [0.15, 0.2) is 11.4 Å². The number of carbonyl (C=O) groups excluding carboxylic acids is 1. The number of aliphatic hydroxyl groups is 1. The van der Waals surface area contributed by atoms with Crippen molar-refractivity contribution in [2.75, 3.05) is 27.4 Å².